The lowest BCUT2D eigenvalue weighted by Gasteiger charge is -2.35. The van der Waals surface area contributed by atoms with Crippen molar-refractivity contribution < 1.29 is 0 Å². The van der Waals surface area contributed by atoms with Crippen LogP contribution < -0.4 is 4.90 Å². The molecule has 0 bridgehead atoms. The molecule has 0 atom stereocenters. The smallest absolute Gasteiger partial charge is 0.0714 e. The second-order valence-electron chi connectivity index (χ2n) is 18.3. The molecule has 69 heavy (non-hydrogen) atoms. The van der Waals surface area contributed by atoms with Crippen LogP contribution in [0, 0.1) is 0 Å². The first-order chi connectivity index (χ1) is 34.2. The maximum Gasteiger partial charge on any atom is 0.0714 e. The second-order valence-corrected chi connectivity index (χ2v) is 18.3. The van der Waals surface area contributed by atoms with Gasteiger partial charge in [-0.2, -0.15) is 0 Å². The number of hydrogen-bond acceptors (Lipinski definition) is 1. The Kier molecular flexibility index (Phi) is 9.70. The molecule has 0 aliphatic heterocycles. The van der Waals surface area contributed by atoms with Crippen LogP contribution >= 0.6 is 0 Å². The number of rotatable bonds is 9. The second kappa shape index (κ2) is 16.5. The van der Waals surface area contributed by atoms with Crippen molar-refractivity contribution in [2.75, 3.05) is 4.90 Å². The van der Waals surface area contributed by atoms with E-state index in [9.17, 15) is 0 Å². The molecule has 0 fully saturated rings. The Hall–Kier alpha value is -8.78. The van der Waals surface area contributed by atoms with Gasteiger partial charge in [0.2, 0.25) is 0 Å². The minimum atomic E-state index is -0.551. The minimum Gasteiger partial charge on any atom is -0.310 e. The Morgan fingerprint density at radius 1 is 0.217 bits per heavy atom. The zero-order valence-corrected chi connectivity index (χ0v) is 38.1. The van der Waals surface area contributed by atoms with Gasteiger partial charge in [0.1, 0.15) is 0 Å². The van der Waals surface area contributed by atoms with Gasteiger partial charge in [-0.3, -0.25) is 0 Å². The molecular formula is C68H47N. The molecule has 0 saturated carbocycles. The highest BCUT2D eigenvalue weighted by Crippen LogP contribution is 2.60. The Morgan fingerprint density at radius 2 is 0.580 bits per heavy atom. The van der Waals surface area contributed by atoms with Gasteiger partial charge in [-0.05, 0) is 114 Å². The zero-order valence-electron chi connectivity index (χ0n) is 38.1. The Labute approximate surface area is 404 Å². The fourth-order valence-electron chi connectivity index (χ4n) is 12.0. The first-order valence-corrected chi connectivity index (χ1v) is 24.0. The zero-order chi connectivity index (χ0) is 45.8. The number of para-hydroxylation sites is 1. The molecule has 0 N–H and O–H groups in total. The summed E-state index contributed by atoms with van der Waals surface area (Å²) in [5.74, 6) is 0. The third kappa shape index (κ3) is 6.24. The summed E-state index contributed by atoms with van der Waals surface area (Å²) in [6.45, 7) is 0. The molecule has 11 aromatic rings. The molecule has 0 heterocycles. The lowest BCUT2D eigenvalue weighted by molar-refractivity contribution is 0.768. The summed E-state index contributed by atoms with van der Waals surface area (Å²) in [5, 5.41) is 0. The molecule has 0 radical (unpaired) electrons. The van der Waals surface area contributed by atoms with Crippen LogP contribution in [-0.4, -0.2) is 0 Å². The molecule has 1 heteroatoms. The van der Waals surface area contributed by atoms with Crippen LogP contribution in [0.15, 0.2) is 285 Å². The summed E-state index contributed by atoms with van der Waals surface area (Å²) in [5.41, 5.74) is 22.1. The Bertz CT molecular complexity index is 3560. The van der Waals surface area contributed by atoms with Crippen LogP contribution in [0.25, 0.3) is 44.5 Å². The summed E-state index contributed by atoms with van der Waals surface area (Å²) in [7, 11) is 0. The monoisotopic (exact) mass is 877 g/mol. The van der Waals surface area contributed by atoms with E-state index >= 15 is 0 Å². The van der Waals surface area contributed by atoms with Crippen LogP contribution in [0.3, 0.4) is 0 Å². The molecule has 0 amide bonds. The normalized spacial score (nSPS) is 13.4. The molecule has 1 nitrogen and oxygen atoms in total. The van der Waals surface area contributed by atoms with Crippen LogP contribution in [-0.2, 0) is 10.8 Å². The lowest BCUT2D eigenvalue weighted by atomic mass is 9.67. The molecule has 0 unspecified atom stereocenters. The van der Waals surface area contributed by atoms with E-state index in [2.05, 4.69) is 290 Å². The van der Waals surface area contributed by atoms with Gasteiger partial charge >= 0.3 is 0 Å². The molecule has 13 rings (SSSR count). The largest absolute Gasteiger partial charge is 0.310 e. The summed E-state index contributed by atoms with van der Waals surface area (Å²) >= 11 is 0. The summed E-state index contributed by atoms with van der Waals surface area (Å²) in [6.07, 6.45) is 0. The van der Waals surface area contributed by atoms with Gasteiger partial charge in [-0.25, -0.2) is 0 Å². The van der Waals surface area contributed by atoms with Gasteiger partial charge in [0, 0.05) is 16.9 Å². The molecule has 0 spiro atoms. The first-order valence-electron chi connectivity index (χ1n) is 24.0. The fourth-order valence-corrected chi connectivity index (χ4v) is 12.0. The third-order valence-electron chi connectivity index (χ3n) is 14.8. The van der Waals surface area contributed by atoms with Crippen molar-refractivity contribution in [1.29, 1.82) is 0 Å². The van der Waals surface area contributed by atoms with E-state index < -0.39 is 10.8 Å². The van der Waals surface area contributed by atoms with Crippen LogP contribution in [0.1, 0.15) is 44.5 Å². The molecule has 324 valence electrons. The van der Waals surface area contributed by atoms with E-state index in [0.29, 0.717) is 0 Å². The topological polar surface area (TPSA) is 3.24 Å². The Morgan fingerprint density at radius 3 is 1.13 bits per heavy atom. The summed E-state index contributed by atoms with van der Waals surface area (Å²) in [4.78, 5) is 2.51. The van der Waals surface area contributed by atoms with Crippen LogP contribution in [0.4, 0.5) is 17.1 Å². The van der Waals surface area contributed by atoms with Gasteiger partial charge < -0.3 is 4.90 Å². The van der Waals surface area contributed by atoms with Gasteiger partial charge in [0.15, 0.2) is 0 Å². The van der Waals surface area contributed by atoms with Crippen molar-refractivity contribution in [1.82, 2.24) is 0 Å². The predicted molar refractivity (Wildman–Crippen MR) is 287 cm³/mol. The van der Waals surface area contributed by atoms with E-state index in [4.69, 9.17) is 0 Å². The SMILES string of the molecule is c1ccc(-c2ccc(-c3ccccc3N(c3ccc4c(c3)-c3ccccc3C4(c3ccccc3)c3ccccc3)c3ccc4c(c3)C(c3ccccc3)(c3ccccc3)c3ccccc3-4)cc2)cc1. The number of nitrogens with zero attached hydrogens (tertiary/aromatic N) is 1. The average molecular weight is 878 g/mol. The average Bonchev–Trinajstić information content (AvgIpc) is 3.90. The van der Waals surface area contributed by atoms with E-state index in [-0.39, 0.29) is 0 Å². The van der Waals surface area contributed by atoms with E-state index in [0.717, 1.165) is 28.2 Å². The number of benzene rings is 11. The van der Waals surface area contributed by atoms with Crippen molar-refractivity contribution in [3.63, 3.8) is 0 Å². The van der Waals surface area contributed by atoms with Crippen molar-refractivity contribution in [3.05, 3.63) is 330 Å². The molecule has 0 aromatic heterocycles. The molecular weight excluding hydrogens is 831 g/mol. The van der Waals surface area contributed by atoms with E-state index in [1.165, 1.54) is 77.9 Å². The standard InChI is InChI=1S/C68H47N/c1-6-22-48(23-7-1)49-38-40-50(41-39-49)57-32-18-21-37-66(57)69(55-43-45-64-61(46-55)59-34-17-20-36-63(59)67(64,51-24-8-2-9-25-51)52-26-10-3-11-27-52)56-42-44-60-58-33-16-19-35-62(58)68(65(60)47-56,53-28-12-4-13-29-53)54-30-14-5-15-31-54/h1-47H. The molecule has 2 aliphatic carbocycles. The van der Waals surface area contributed by atoms with Gasteiger partial charge in [-0.1, -0.05) is 255 Å². The van der Waals surface area contributed by atoms with E-state index in [1.54, 1.807) is 0 Å². The number of fused-ring (bicyclic) bond motifs is 6. The molecule has 11 aromatic carbocycles. The van der Waals surface area contributed by atoms with E-state index in [1.807, 2.05) is 0 Å². The third-order valence-corrected chi connectivity index (χ3v) is 14.8. The lowest BCUT2D eigenvalue weighted by Crippen LogP contribution is -2.29. The van der Waals surface area contributed by atoms with Gasteiger partial charge in [0.25, 0.3) is 0 Å². The van der Waals surface area contributed by atoms with Crippen molar-refractivity contribution in [2.45, 2.75) is 10.8 Å². The number of anilines is 3. The van der Waals surface area contributed by atoms with Crippen molar-refractivity contribution in [3.8, 4) is 44.5 Å². The van der Waals surface area contributed by atoms with Gasteiger partial charge in [-0.15, -0.1) is 0 Å². The minimum absolute atomic E-state index is 0.499. The van der Waals surface area contributed by atoms with Crippen LogP contribution in [0.5, 0.6) is 0 Å². The summed E-state index contributed by atoms with van der Waals surface area (Å²) in [6, 6.07) is 106. The maximum absolute atomic E-state index is 2.51. The molecule has 2 aliphatic rings. The highest BCUT2D eigenvalue weighted by molar-refractivity contribution is 5.95. The Balaban J connectivity index is 1.07. The highest BCUT2D eigenvalue weighted by atomic mass is 15.1. The fraction of sp³-hybridized carbons (Fsp3) is 0.0294. The first kappa shape index (κ1) is 40.5. The summed E-state index contributed by atoms with van der Waals surface area (Å²) < 4.78 is 0. The van der Waals surface area contributed by atoms with Gasteiger partial charge in [0.05, 0.1) is 16.5 Å². The highest BCUT2D eigenvalue weighted by Gasteiger charge is 2.48. The quantitative estimate of drug-likeness (QED) is 0.140. The van der Waals surface area contributed by atoms with Crippen molar-refractivity contribution >= 4 is 17.1 Å². The number of hydrogen-bond donors (Lipinski definition) is 0. The van der Waals surface area contributed by atoms with Crippen molar-refractivity contribution in [2.24, 2.45) is 0 Å². The van der Waals surface area contributed by atoms with Crippen LogP contribution in [0.2, 0.25) is 0 Å². The maximum atomic E-state index is 2.51. The predicted octanol–water partition coefficient (Wildman–Crippen LogP) is 17.2. The molecule has 0 saturated heterocycles.